The molecule has 0 N–H and O–H groups in total. The van der Waals surface area contributed by atoms with Gasteiger partial charge in [-0.05, 0) is 45.0 Å². The molecule has 1 aliphatic rings. The maximum atomic E-state index is 12.2. The number of fused-ring (bicyclic) bond motifs is 1. The number of hydrogen-bond acceptors (Lipinski definition) is 6. The van der Waals surface area contributed by atoms with Gasteiger partial charge in [0, 0.05) is 25.5 Å². The van der Waals surface area contributed by atoms with E-state index in [9.17, 15) is 9.59 Å². The molecule has 2 heterocycles. The van der Waals surface area contributed by atoms with Crippen LogP contribution in [-0.4, -0.2) is 34.1 Å². The predicted octanol–water partition coefficient (Wildman–Crippen LogP) is 3.56. The fourth-order valence-electron chi connectivity index (χ4n) is 2.64. The molecule has 7 heteroatoms. The zero-order chi connectivity index (χ0) is 18.9. The average molecular weight is 358 g/mol. The van der Waals surface area contributed by atoms with E-state index in [0.717, 1.165) is 17.0 Å². The molecular weight excluding hydrogens is 336 g/mol. The predicted molar refractivity (Wildman–Crippen MR) is 93.6 cm³/mol. The van der Waals surface area contributed by atoms with Crippen LogP contribution >= 0.6 is 0 Å². The number of carbonyl (C=O) groups is 2. The number of hydrogen-bond donors (Lipinski definition) is 0. The molecular formula is C19H22N2O5. The Morgan fingerprint density at radius 1 is 1.19 bits per heavy atom. The number of carbonyl (C=O) groups excluding carboxylic acids is 2. The number of oxazole rings is 1. The number of amides is 1. The third kappa shape index (κ3) is 4.22. The van der Waals surface area contributed by atoms with Gasteiger partial charge in [0.2, 0.25) is 5.89 Å². The minimum Gasteiger partial charge on any atom is -0.444 e. The van der Waals surface area contributed by atoms with Crippen molar-refractivity contribution >= 4 is 12.1 Å². The quantitative estimate of drug-likeness (QED) is 0.603. The summed E-state index contributed by atoms with van der Waals surface area (Å²) in [6.07, 6.45) is 0.242. The number of nitrogens with zero attached hydrogens (tertiary/aromatic N) is 2. The van der Waals surface area contributed by atoms with E-state index in [4.69, 9.17) is 13.9 Å². The van der Waals surface area contributed by atoms with Crippen molar-refractivity contribution in [2.45, 2.75) is 46.3 Å². The standard InChI is InChI=1S/C19H22N2O5/c1-12(22)24-14-7-5-13(6-8-14)17-20-15-11-21(10-9-16(15)25-17)18(23)26-19(2,3)4/h5-8H,9-11H2,1-4H3. The lowest BCUT2D eigenvalue weighted by Crippen LogP contribution is -2.39. The van der Waals surface area contributed by atoms with Crippen LogP contribution in [-0.2, 0) is 22.5 Å². The fraction of sp³-hybridized carbons (Fsp3) is 0.421. The van der Waals surface area contributed by atoms with Crippen molar-refractivity contribution in [2.75, 3.05) is 6.54 Å². The Balaban J connectivity index is 1.73. The van der Waals surface area contributed by atoms with Crippen LogP contribution < -0.4 is 4.74 Å². The molecule has 1 aromatic heterocycles. The highest BCUT2D eigenvalue weighted by Crippen LogP contribution is 2.28. The smallest absolute Gasteiger partial charge is 0.410 e. The van der Waals surface area contributed by atoms with Gasteiger partial charge in [-0.25, -0.2) is 9.78 Å². The highest BCUT2D eigenvalue weighted by molar-refractivity contribution is 5.70. The van der Waals surface area contributed by atoms with E-state index >= 15 is 0 Å². The molecule has 0 radical (unpaired) electrons. The summed E-state index contributed by atoms with van der Waals surface area (Å²) in [7, 11) is 0. The summed E-state index contributed by atoms with van der Waals surface area (Å²) in [5.41, 5.74) is 0.982. The Hall–Kier alpha value is -2.83. The molecule has 0 aliphatic carbocycles. The van der Waals surface area contributed by atoms with Crippen LogP contribution in [0.1, 0.15) is 39.1 Å². The largest absolute Gasteiger partial charge is 0.444 e. The molecule has 0 unspecified atom stereocenters. The average Bonchev–Trinajstić information content (AvgIpc) is 2.96. The second-order valence-corrected chi connectivity index (χ2v) is 7.16. The second-order valence-electron chi connectivity index (χ2n) is 7.16. The van der Waals surface area contributed by atoms with Gasteiger partial charge in [0.15, 0.2) is 0 Å². The zero-order valence-corrected chi connectivity index (χ0v) is 15.4. The molecule has 0 saturated carbocycles. The second kappa shape index (κ2) is 6.82. The molecule has 0 bridgehead atoms. The molecule has 0 spiro atoms. The number of rotatable bonds is 2. The summed E-state index contributed by atoms with van der Waals surface area (Å²) in [6.45, 7) is 7.77. The van der Waals surface area contributed by atoms with Crippen molar-refractivity contribution < 1.29 is 23.5 Å². The van der Waals surface area contributed by atoms with E-state index in [1.54, 1.807) is 29.2 Å². The van der Waals surface area contributed by atoms with Gasteiger partial charge in [0.05, 0.1) is 6.54 Å². The van der Waals surface area contributed by atoms with Gasteiger partial charge in [0.25, 0.3) is 0 Å². The number of aromatic nitrogens is 1. The summed E-state index contributed by atoms with van der Waals surface area (Å²) in [5.74, 6) is 1.36. The number of ether oxygens (including phenoxy) is 2. The third-order valence-electron chi connectivity index (χ3n) is 3.74. The number of benzene rings is 1. The monoisotopic (exact) mass is 358 g/mol. The minimum absolute atomic E-state index is 0.349. The molecule has 2 aromatic rings. The van der Waals surface area contributed by atoms with Crippen LogP contribution in [0.2, 0.25) is 0 Å². The van der Waals surface area contributed by atoms with E-state index in [1.165, 1.54) is 6.92 Å². The van der Waals surface area contributed by atoms with Crippen molar-refractivity contribution in [2.24, 2.45) is 0 Å². The SMILES string of the molecule is CC(=O)Oc1ccc(-c2nc3c(o2)CCN(C(=O)OC(C)(C)C)C3)cc1. The maximum absolute atomic E-state index is 12.2. The lowest BCUT2D eigenvalue weighted by atomic mass is 10.1. The molecule has 26 heavy (non-hydrogen) atoms. The van der Waals surface area contributed by atoms with E-state index in [-0.39, 0.29) is 12.1 Å². The maximum Gasteiger partial charge on any atom is 0.410 e. The van der Waals surface area contributed by atoms with Crippen LogP contribution in [0.4, 0.5) is 4.79 Å². The molecule has 1 amide bonds. The Bertz CT molecular complexity index is 817. The lowest BCUT2D eigenvalue weighted by Gasteiger charge is -2.28. The topological polar surface area (TPSA) is 81.9 Å². The third-order valence-corrected chi connectivity index (χ3v) is 3.74. The Kier molecular flexibility index (Phi) is 4.71. The van der Waals surface area contributed by atoms with Gasteiger partial charge >= 0.3 is 12.1 Å². The lowest BCUT2D eigenvalue weighted by molar-refractivity contribution is -0.131. The zero-order valence-electron chi connectivity index (χ0n) is 15.4. The van der Waals surface area contributed by atoms with Crippen LogP contribution in [0.25, 0.3) is 11.5 Å². The Labute approximate surface area is 151 Å². The van der Waals surface area contributed by atoms with Crippen molar-refractivity contribution in [3.8, 4) is 17.2 Å². The molecule has 3 rings (SSSR count). The van der Waals surface area contributed by atoms with Crippen LogP contribution in [0.3, 0.4) is 0 Å². The molecule has 0 atom stereocenters. The van der Waals surface area contributed by atoms with Crippen LogP contribution in [0.15, 0.2) is 28.7 Å². The first kappa shape index (κ1) is 18.0. The van der Waals surface area contributed by atoms with E-state index in [2.05, 4.69) is 4.98 Å². The first-order valence-corrected chi connectivity index (χ1v) is 8.46. The summed E-state index contributed by atoms with van der Waals surface area (Å²) in [6, 6.07) is 6.93. The van der Waals surface area contributed by atoms with E-state index in [0.29, 0.717) is 31.2 Å². The van der Waals surface area contributed by atoms with Crippen molar-refractivity contribution in [3.63, 3.8) is 0 Å². The summed E-state index contributed by atoms with van der Waals surface area (Å²) < 4.78 is 16.3. The Morgan fingerprint density at radius 2 is 1.88 bits per heavy atom. The van der Waals surface area contributed by atoms with Gasteiger partial charge in [-0.2, -0.15) is 0 Å². The molecule has 1 aromatic carbocycles. The highest BCUT2D eigenvalue weighted by atomic mass is 16.6. The van der Waals surface area contributed by atoms with Gasteiger partial charge < -0.3 is 18.8 Å². The van der Waals surface area contributed by atoms with Crippen molar-refractivity contribution in [3.05, 3.63) is 35.7 Å². The van der Waals surface area contributed by atoms with E-state index in [1.807, 2.05) is 20.8 Å². The highest BCUT2D eigenvalue weighted by Gasteiger charge is 2.29. The summed E-state index contributed by atoms with van der Waals surface area (Å²) >= 11 is 0. The van der Waals surface area contributed by atoms with Gasteiger partial charge in [-0.3, -0.25) is 4.79 Å². The molecule has 0 saturated heterocycles. The first-order valence-electron chi connectivity index (χ1n) is 8.46. The minimum atomic E-state index is -0.532. The van der Waals surface area contributed by atoms with E-state index < -0.39 is 5.60 Å². The van der Waals surface area contributed by atoms with Gasteiger partial charge in [-0.15, -0.1) is 0 Å². The fourth-order valence-corrected chi connectivity index (χ4v) is 2.64. The van der Waals surface area contributed by atoms with Crippen molar-refractivity contribution in [1.82, 2.24) is 9.88 Å². The summed E-state index contributed by atoms with van der Waals surface area (Å²) in [4.78, 5) is 29.4. The number of esters is 1. The first-order chi connectivity index (χ1) is 12.2. The molecule has 1 aliphatic heterocycles. The summed E-state index contributed by atoms with van der Waals surface area (Å²) in [5, 5.41) is 0. The van der Waals surface area contributed by atoms with Crippen LogP contribution in [0.5, 0.6) is 5.75 Å². The van der Waals surface area contributed by atoms with Gasteiger partial charge in [-0.1, -0.05) is 0 Å². The molecule has 7 nitrogen and oxygen atoms in total. The Morgan fingerprint density at radius 3 is 2.50 bits per heavy atom. The molecule has 0 fully saturated rings. The van der Waals surface area contributed by atoms with Crippen molar-refractivity contribution in [1.29, 1.82) is 0 Å². The van der Waals surface area contributed by atoms with Gasteiger partial charge in [0.1, 0.15) is 22.8 Å². The van der Waals surface area contributed by atoms with Crippen LogP contribution in [0, 0.1) is 0 Å². The molecule has 138 valence electrons. The normalized spacial score (nSPS) is 13.9.